The molecule has 17 nitrogen and oxygen atoms in total. The number of carbonyl (C=O) groups is 4. The Morgan fingerprint density at radius 1 is 0.326 bits per heavy atom. The number of hydrogen-bond donors (Lipinski definition) is 3. The fourth-order valence-corrected chi connectivity index (χ4v) is 12.1. The van der Waals surface area contributed by atoms with E-state index in [1.165, 1.54) is 161 Å². The van der Waals surface area contributed by atoms with Crippen LogP contribution in [0.2, 0.25) is 0 Å². The van der Waals surface area contributed by atoms with Crippen LogP contribution in [0.3, 0.4) is 0 Å². The van der Waals surface area contributed by atoms with Crippen LogP contribution in [-0.4, -0.2) is 96.7 Å². The summed E-state index contributed by atoms with van der Waals surface area (Å²) in [6, 6.07) is 0. The molecule has 0 spiro atoms. The largest absolute Gasteiger partial charge is 0.472 e. The maximum absolute atomic E-state index is 13.0. The molecule has 0 aliphatic heterocycles. The third kappa shape index (κ3) is 63.2. The van der Waals surface area contributed by atoms with Crippen molar-refractivity contribution in [2.45, 2.75) is 369 Å². The first-order valence-electron chi connectivity index (χ1n) is 36.4. The summed E-state index contributed by atoms with van der Waals surface area (Å²) in [5, 5.41) is 10.6. The summed E-state index contributed by atoms with van der Waals surface area (Å²) in [6.07, 6.45) is 44.3. The van der Waals surface area contributed by atoms with Gasteiger partial charge in [0.05, 0.1) is 26.4 Å². The Labute approximate surface area is 543 Å². The monoisotopic (exact) mass is 1310 g/mol. The van der Waals surface area contributed by atoms with Crippen LogP contribution < -0.4 is 0 Å². The Hall–Kier alpha value is -1.94. The van der Waals surface area contributed by atoms with Crippen molar-refractivity contribution in [2.75, 3.05) is 39.6 Å². The molecule has 528 valence electrons. The van der Waals surface area contributed by atoms with E-state index in [4.69, 9.17) is 37.0 Å². The van der Waals surface area contributed by atoms with Crippen LogP contribution in [-0.2, 0) is 65.4 Å². The number of aliphatic hydroxyl groups excluding tert-OH is 1. The Morgan fingerprint density at radius 3 is 0.854 bits per heavy atom. The van der Waals surface area contributed by atoms with Crippen molar-refractivity contribution in [2.24, 2.45) is 17.8 Å². The molecule has 0 heterocycles. The number of carbonyl (C=O) groups excluding carboxylic acids is 4. The molecule has 0 aromatic rings. The van der Waals surface area contributed by atoms with E-state index in [1.807, 2.05) is 0 Å². The molecule has 3 unspecified atom stereocenters. The van der Waals surface area contributed by atoms with E-state index >= 15 is 0 Å². The molecule has 89 heavy (non-hydrogen) atoms. The summed E-state index contributed by atoms with van der Waals surface area (Å²) in [6.45, 7) is 11.8. The Balaban J connectivity index is 5.27. The minimum Gasteiger partial charge on any atom is -0.462 e. The number of rotatable bonds is 68. The van der Waals surface area contributed by atoms with Crippen LogP contribution >= 0.6 is 15.6 Å². The molecular formula is C70H136O17P2. The van der Waals surface area contributed by atoms with E-state index in [-0.39, 0.29) is 25.7 Å². The predicted molar refractivity (Wildman–Crippen MR) is 358 cm³/mol. The molecule has 0 amide bonds. The first-order valence-corrected chi connectivity index (χ1v) is 39.4. The van der Waals surface area contributed by atoms with Crippen molar-refractivity contribution < 1.29 is 80.2 Å². The summed E-state index contributed by atoms with van der Waals surface area (Å²) in [5.74, 6) is 0.144. The van der Waals surface area contributed by atoms with Gasteiger partial charge in [-0.25, -0.2) is 9.13 Å². The van der Waals surface area contributed by atoms with Crippen molar-refractivity contribution >= 4 is 39.5 Å². The van der Waals surface area contributed by atoms with Gasteiger partial charge >= 0.3 is 39.5 Å². The molecule has 0 saturated heterocycles. The molecule has 0 rings (SSSR count). The predicted octanol–water partition coefficient (Wildman–Crippen LogP) is 19.8. The lowest BCUT2D eigenvalue weighted by Gasteiger charge is -2.21. The molecule has 19 heteroatoms. The van der Waals surface area contributed by atoms with E-state index in [9.17, 15) is 43.2 Å². The number of esters is 4. The van der Waals surface area contributed by atoms with Crippen LogP contribution in [0.1, 0.15) is 350 Å². The summed E-state index contributed by atoms with van der Waals surface area (Å²) in [4.78, 5) is 72.5. The standard InChI is InChI=1S/C70H136O17P2/c1-8-10-11-12-13-14-15-18-21-32-39-46-53-69(74)86-65(57-80-67(72)51-44-37-30-25-23-28-35-42-49-62(5)6)59-84-88(76,77)82-55-64(71)56-83-89(78,79)85-60-66(58-81-68(73)52-45-38-31-26-24-29-36-43-50-63(7)9-2)87-70(75)54-47-40-33-22-19-16-17-20-27-34-41-48-61(3)4/h61-66,71H,8-60H2,1-7H3,(H,76,77)(H,78,79)/t63?,64-,65+,66+/m0/s1. The molecule has 0 fully saturated rings. The number of hydrogen-bond acceptors (Lipinski definition) is 15. The van der Waals surface area contributed by atoms with Crippen molar-refractivity contribution in [3.8, 4) is 0 Å². The second kappa shape index (κ2) is 61.0. The molecule has 0 aliphatic carbocycles. The van der Waals surface area contributed by atoms with E-state index in [1.54, 1.807) is 0 Å². The van der Waals surface area contributed by atoms with Gasteiger partial charge in [0.1, 0.15) is 19.3 Å². The lowest BCUT2D eigenvalue weighted by Crippen LogP contribution is -2.30. The minimum atomic E-state index is -4.95. The minimum absolute atomic E-state index is 0.106. The molecule has 0 saturated carbocycles. The van der Waals surface area contributed by atoms with Crippen molar-refractivity contribution in [1.29, 1.82) is 0 Å². The fraction of sp³-hybridized carbons (Fsp3) is 0.943. The van der Waals surface area contributed by atoms with Gasteiger partial charge in [-0.05, 0) is 43.4 Å². The zero-order valence-electron chi connectivity index (χ0n) is 57.9. The summed E-state index contributed by atoms with van der Waals surface area (Å²) < 4.78 is 68.3. The number of phosphoric ester groups is 2. The third-order valence-corrected chi connectivity index (χ3v) is 18.4. The highest BCUT2D eigenvalue weighted by molar-refractivity contribution is 7.47. The highest BCUT2D eigenvalue weighted by Gasteiger charge is 2.30. The van der Waals surface area contributed by atoms with Gasteiger partial charge < -0.3 is 33.8 Å². The average Bonchev–Trinajstić information content (AvgIpc) is 3.70. The van der Waals surface area contributed by atoms with Gasteiger partial charge in [0.15, 0.2) is 12.2 Å². The van der Waals surface area contributed by atoms with Gasteiger partial charge in [-0.1, -0.05) is 299 Å². The van der Waals surface area contributed by atoms with Gasteiger partial charge in [0, 0.05) is 25.7 Å². The van der Waals surface area contributed by atoms with Gasteiger partial charge in [0.2, 0.25) is 0 Å². The number of phosphoric acid groups is 2. The zero-order chi connectivity index (χ0) is 65.9. The van der Waals surface area contributed by atoms with Crippen LogP contribution in [0, 0.1) is 17.8 Å². The molecule has 0 aliphatic rings. The van der Waals surface area contributed by atoms with Crippen LogP contribution in [0.15, 0.2) is 0 Å². The first-order chi connectivity index (χ1) is 42.8. The van der Waals surface area contributed by atoms with Gasteiger partial charge in [-0.3, -0.25) is 37.3 Å². The summed E-state index contributed by atoms with van der Waals surface area (Å²) in [5.41, 5.74) is 0. The van der Waals surface area contributed by atoms with Crippen LogP contribution in [0.5, 0.6) is 0 Å². The fourth-order valence-electron chi connectivity index (χ4n) is 10.5. The molecule has 3 N–H and O–H groups in total. The van der Waals surface area contributed by atoms with Crippen molar-refractivity contribution in [3.05, 3.63) is 0 Å². The Bertz CT molecular complexity index is 1750. The number of unbranched alkanes of at least 4 members (excludes halogenated alkanes) is 35. The lowest BCUT2D eigenvalue weighted by molar-refractivity contribution is -0.161. The SMILES string of the molecule is CCCCCCCCCCCCCCC(=O)O[C@H](COC(=O)CCCCCCCCCCC(C)C)COP(=O)(O)OC[C@H](O)COP(=O)(O)OC[C@@H](COC(=O)CCCCCCCCCCC(C)CC)OC(=O)CCCCCCCCCCCCCC(C)C. The maximum Gasteiger partial charge on any atom is 0.472 e. The number of aliphatic hydroxyl groups is 1. The second-order valence-electron chi connectivity index (χ2n) is 26.5. The Morgan fingerprint density at radius 2 is 0.573 bits per heavy atom. The van der Waals surface area contributed by atoms with E-state index < -0.39 is 97.5 Å². The molecular weight excluding hydrogens is 1170 g/mol. The lowest BCUT2D eigenvalue weighted by atomic mass is 9.99. The molecule has 6 atom stereocenters. The smallest absolute Gasteiger partial charge is 0.462 e. The van der Waals surface area contributed by atoms with E-state index in [0.29, 0.717) is 25.7 Å². The van der Waals surface area contributed by atoms with Crippen LogP contribution in [0.4, 0.5) is 0 Å². The second-order valence-corrected chi connectivity index (χ2v) is 29.4. The molecule has 0 radical (unpaired) electrons. The van der Waals surface area contributed by atoms with E-state index in [0.717, 1.165) is 108 Å². The van der Waals surface area contributed by atoms with Gasteiger partial charge in [0.25, 0.3) is 0 Å². The topological polar surface area (TPSA) is 237 Å². The normalized spacial score (nSPS) is 14.5. The van der Waals surface area contributed by atoms with Crippen molar-refractivity contribution in [1.82, 2.24) is 0 Å². The zero-order valence-corrected chi connectivity index (χ0v) is 59.7. The van der Waals surface area contributed by atoms with E-state index in [2.05, 4.69) is 48.5 Å². The van der Waals surface area contributed by atoms with Crippen LogP contribution in [0.25, 0.3) is 0 Å². The highest BCUT2D eigenvalue weighted by Crippen LogP contribution is 2.45. The Kier molecular flexibility index (Phi) is 59.6. The molecule has 0 aromatic heterocycles. The average molecular weight is 1310 g/mol. The first kappa shape index (κ1) is 87.1. The summed E-state index contributed by atoms with van der Waals surface area (Å²) >= 11 is 0. The maximum atomic E-state index is 13.0. The quantitative estimate of drug-likeness (QED) is 0.0222. The third-order valence-electron chi connectivity index (χ3n) is 16.5. The molecule has 0 bridgehead atoms. The molecule has 0 aromatic carbocycles. The highest BCUT2D eigenvalue weighted by atomic mass is 31.2. The van der Waals surface area contributed by atoms with Gasteiger partial charge in [-0.15, -0.1) is 0 Å². The van der Waals surface area contributed by atoms with Gasteiger partial charge in [-0.2, -0.15) is 0 Å². The number of ether oxygens (including phenoxy) is 4. The summed E-state index contributed by atoms with van der Waals surface area (Å²) in [7, 11) is -9.90. The van der Waals surface area contributed by atoms with Crippen molar-refractivity contribution in [3.63, 3.8) is 0 Å².